The van der Waals surface area contributed by atoms with Crippen molar-refractivity contribution in [2.45, 2.75) is 6.54 Å². The minimum Gasteiger partial charge on any atom is -0.361 e. The first kappa shape index (κ1) is 19.0. The Kier molecular flexibility index (Phi) is 6.04. The fourth-order valence-electron chi connectivity index (χ4n) is 3.55. The largest absolute Gasteiger partial charge is 0.361 e. The molecule has 2 nitrogen and oxygen atoms in total. The molecular weight excluding hydrogens is 352 g/mol. The third-order valence-corrected chi connectivity index (χ3v) is 5.10. The van der Waals surface area contributed by atoms with Crippen molar-refractivity contribution in [2.24, 2.45) is 0 Å². The molecule has 0 aliphatic carbocycles. The van der Waals surface area contributed by atoms with Crippen molar-refractivity contribution >= 4 is 17.0 Å². The summed E-state index contributed by atoms with van der Waals surface area (Å²) in [4.78, 5) is 5.60. The highest BCUT2D eigenvalue weighted by molar-refractivity contribution is 5.82. The Morgan fingerprint density at radius 2 is 1.59 bits per heavy atom. The smallest absolute Gasteiger partial charge is 0.0457 e. The van der Waals surface area contributed by atoms with Crippen LogP contribution < -0.4 is 0 Å². The number of allylic oxidation sites excluding steroid dienone is 2. The lowest BCUT2D eigenvalue weighted by Gasteiger charge is -2.15. The molecule has 0 radical (unpaired) electrons. The van der Waals surface area contributed by atoms with Gasteiger partial charge in [0.2, 0.25) is 0 Å². The number of rotatable bonds is 7. The minimum atomic E-state index is 0.915. The molecule has 0 atom stereocenters. The maximum Gasteiger partial charge on any atom is 0.0457 e. The second-order valence-electron chi connectivity index (χ2n) is 7.33. The average molecular weight is 379 g/mol. The summed E-state index contributed by atoms with van der Waals surface area (Å²) < 4.78 is 0. The number of benzene rings is 3. The van der Waals surface area contributed by atoms with Crippen LogP contribution in [0.3, 0.4) is 0 Å². The van der Waals surface area contributed by atoms with Crippen molar-refractivity contribution in [3.8, 4) is 11.1 Å². The van der Waals surface area contributed by atoms with E-state index in [9.17, 15) is 0 Å². The van der Waals surface area contributed by atoms with E-state index in [-0.39, 0.29) is 0 Å². The number of aromatic nitrogens is 1. The second-order valence-corrected chi connectivity index (χ2v) is 7.33. The zero-order valence-corrected chi connectivity index (χ0v) is 16.8. The predicted molar refractivity (Wildman–Crippen MR) is 125 cm³/mol. The Morgan fingerprint density at radius 3 is 2.41 bits per heavy atom. The minimum absolute atomic E-state index is 0.915. The van der Waals surface area contributed by atoms with E-state index >= 15 is 0 Å². The molecule has 0 amide bonds. The van der Waals surface area contributed by atoms with Gasteiger partial charge in [0.15, 0.2) is 0 Å². The molecule has 0 aliphatic rings. The van der Waals surface area contributed by atoms with Crippen molar-refractivity contribution in [3.05, 3.63) is 114 Å². The van der Waals surface area contributed by atoms with E-state index in [0.717, 1.165) is 13.1 Å². The van der Waals surface area contributed by atoms with Crippen LogP contribution in [0.5, 0.6) is 0 Å². The van der Waals surface area contributed by atoms with Crippen LogP contribution in [-0.4, -0.2) is 23.5 Å². The van der Waals surface area contributed by atoms with Crippen LogP contribution in [0, 0.1) is 0 Å². The van der Waals surface area contributed by atoms with Gasteiger partial charge in [-0.3, -0.25) is 4.90 Å². The van der Waals surface area contributed by atoms with Gasteiger partial charge in [0.1, 0.15) is 0 Å². The monoisotopic (exact) mass is 378 g/mol. The number of likely N-dealkylation sites (N-methyl/N-ethyl adjacent to an activating group) is 1. The van der Waals surface area contributed by atoms with Crippen LogP contribution in [0.25, 0.3) is 28.1 Å². The summed E-state index contributed by atoms with van der Waals surface area (Å²) in [6.45, 7) is 1.85. The summed E-state index contributed by atoms with van der Waals surface area (Å²) in [5.74, 6) is 0. The fraction of sp³-hybridized carbons (Fsp3) is 0.111. The maximum absolute atomic E-state index is 3.28. The molecule has 4 rings (SSSR count). The van der Waals surface area contributed by atoms with Crippen molar-refractivity contribution in [1.29, 1.82) is 0 Å². The Bertz CT molecular complexity index is 1100. The van der Waals surface area contributed by atoms with E-state index in [1.807, 2.05) is 12.3 Å². The highest BCUT2D eigenvalue weighted by atomic mass is 15.1. The van der Waals surface area contributed by atoms with Gasteiger partial charge in [0.25, 0.3) is 0 Å². The van der Waals surface area contributed by atoms with Crippen molar-refractivity contribution in [1.82, 2.24) is 9.88 Å². The number of nitrogens with one attached hydrogen (secondary N) is 1. The van der Waals surface area contributed by atoms with E-state index in [1.165, 1.54) is 33.2 Å². The van der Waals surface area contributed by atoms with Gasteiger partial charge in [0, 0.05) is 30.2 Å². The van der Waals surface area contributed by atoms with Crippen molar-refractivity contribution in [2.75, 3.05) is 13.6 Å². The molecule has 0 saturated heterocycles. The van der Waals surface area contributed by atoms with E-state index in [4.69, 9.17) is 0 Å². The molecule has 0 unspecified atom stereocenters. The number of H-pyrrole nitrogens is 1. The van der Waals surface area contributed by atoms with Gasteiger partial charge in [-0.2, -0.15) is 0 Å². The Hall–Kier alpha value is -3.36. The van der Waals surface area contributed by atoms with Gasteiger partial charge in [-0.05, 0) is 41.4 Å². The van der Waals surface area contributed by atoms with Crippen molar-refractivity contribution in [3.63, 3.8) is 0 Å². The third kappa shape index (κ3) is 4.92. The lowest BCUT2D eigenvalue weighted by Crippen LogP contribution is -2.17. The highest BCUT2D eigenvalue weighted by Gasteiger charge is 2.03. The molecule has 1 N–H and O–H groups in total. The van der Waals surface area contributed by atoms with Crippen LogP contribution in [0.2, 0.25) is 0 Å². The number of hydrogen-bond donors (Lipinski definition) is 1. The predicted octanol–water partition coefficient (Wildman–Crippen LogP) is 6.54. The zero-order chi connectivity index (χ0) is 19.9. The van der Waals surface area contributed by atoms with Gasteiger partial charge < -0.3 is 4.98 Å². The van der Waals surface area contributed by atoms with E-state index in [0.29, 0.717) is 0 Å². The molecule has 0 fully saturated rings. The number of aromatic amines is 1. The van der Waals surface area contributed by atoms with Gasteiger partial charge in [-0.1, -0.05) is 91.0 Å². The normalized spacial score (nSPS) is 11.9. The summed E-state index contributed by atoms with van der Waals surface area (Å²) in [6.07, 6.45) is 10.6. The Morgan fingerprint density at radius 1 is 0.793 bits per heavy atom. The second kappa shape index (κ2) is 9.22. The average Bonchev–Trinajstić information content (AvgIpc) is 3.25. The first-order valence-electron chi connectivity index (χ1n) is 10.0. The summed E-state index contributed by atoms with van der Waals surface area (Å²) in [6, 6.07) is 27.7. The van der Waals surface area contributed by atoms with Crippen LogP contribution in [0.15, 0.2) is 103 Å². The third-order valence-electron chi connectivity index (χ3n) is 5.10. The molecule has 0 aliphatic heterocycles. The number of fused-ring (bicyclic) bond motifs is 1. The Balaban J connectivity index is 1.29. The zero-order valence-electron chi connectivity index (χ0n) is 16.8. The molecule has 2 heteroatoms. The number of hydrogen-bond acceptors (Lipinski definition) is 1. The molecule has 144 valence electrons. The molecule has 3 aromatic carbocycles. The Labute approximate surface area is 172 Å². The van der Waals surface area contributed by atoms with E-state index in [1.54, 1.807) is 0 Å². The maximum atomic E-state index is 3.28. The van der Waals surface area contributed by atoms with Crippen molar-refractivity contribution < 1.29 is 0 Å². The first-order chi connectivity index (χ1) is 14.3. The molecule has 0 bridgehead atoms. The van der Waals surface area contributed by atoms with Crippen LogP contribution in [0.4, 0.5) is 0 Å². The van der Waals surface area contributed by atoms with Crippen LogP contribution in [-0.2, 0) is 6.54 Å². The summed E-state index contributed by atoms with van der Waals surface area (Å²) in [7, 11) is 2.15. The molecule has 0 saturated carbocycles. The van der Waals surface area contributed by atoms with Gasteiger partial charge in [-0.25, -0.2) is 0 Å². The molecule has 4 aromatic rings. The molecule has 29 heavy (non-hydrogen) atoms. The lowest BCUT2D eigenvalue weighted by molar-refractivity contribution is 0.365. The highest BCUT2D eigenvalue weighted by Crippen LogP contribution is 2.20. The molecule has 1 aromatic heterocycles. The van der Waals surface area contributed by atoms with E-state index in [2.05, 4.69) is 114 Å². The SMILES string of the molecule is CN(C/C=C/C=C/c1ccc(-c2ccccc2)cc1)Cc1cccc2[nH]ccc12. The molecular formula is C27H26N2. The fourth-order valence-corrected chi connectivity index (χ4v) is 3.55. The van der Waals surface area contributed by atoms with Crippen LogP contribution in [0.1, 0.15) is 11.1 Å². The standard InChI is InChI=1S/C27H26N2/c1-29(21-25-12-8-13-27-26(25)18-19-28-27)20-7-3-4-9-22-14-16-24(17-15-22)23-10-5-2-6-11-23/h2-19,28H,20-21H2,1H3/b7-3+,9-4+. The summed E-state index contributed by atoms with van der Waals surface area (Å²) in [5.41, 5.74) is 6.27. The lowest BCUT2D eigenvalue weighted by atomic mass is 10.0. The van der Waals surface area contributed by atoms with Crippen LogP contribution >= 0.6 is 0 Å². The van der Waals surface area contributed by atoms with E-state index < -0.39 is 0 Å². The molecule has 0 spiro atoms. The molecule has 1 heterocycles. The topological polar surface area (TPSA) is 19.0 Å². The van der Waals surface area contributed by atoms with Gasteiger partial charge in [0.05, 0.1) is 0 Å². The first-order valence-corrected chi connectivity index (χ1v) is 10.0. The summed E-state index contributed by atoms with van der Waals surface area (Å²) in [5, 5.41) is 1.31. The van der Waals surface area contributed by atoms with Gasteiger partial charge in [-0.15, -0.1) is 0 Å². The summed E-state index contributed by atoms with van der Waals surface area (Å²) >= 11 is 0. The number of nitrogens with zero attached hydrogens (tertiary/aromatic N) is 1. The quantitative estimate of drug-likeness (QED) is 0.362. The van der Waals surface area contributed by atoms with Gasteiger partial charge >= 0.3 is 0 Å².